The van der Waals surface area contributed by atoms with Gasteiger partial charge in [0.05, 0.1) is 0 Å². The van der Waals surface area contributed by atoms with E-state index in [9.17, 15) is 8.78 Å². The molecule has 0 aliphatic heterocycles. The Hall–Kier alpha value is -0.390. The number of benzene rings is 2. The van der Waals surface area contributed by atoms with Gasteiger partial charge in [-0.3, -0.25) is 0 Å². The SMILES string of the molecule is Fc1cc(Cl)ccc1[I+]c1ccc(Cl)cc1F. The van der Waals surface area contributed by atoms with Gasteiger partial charge in [-0.15, -0.1) is 0 Å². The Labute approximate surface area is 118 Å². The highest BCUT2D eigenvalue weighted by atomic mass is 127. The zero-order valence-corrected chi connectivity index (χ0v) is 12.0. The Bertz CT molecular complexity index is 509. The summed E-state index contributed by atoms with van der Waals surface area (Å²) >= 11 is 10.4. The van der Waals surface area contributed by atoms with E-state index in [1.807, 2.05) is 0 Å². The van der Waals surface area contributed by atoms with Crippen LogP contribution in [0.15, 0.2) is 36.4 Å². The predicted octanol–water partition coefficient (Wildman–Crippen LogP) is 1.40. The second-order valence-corrected chi connectivity index (χ2v) is 6.95. The lowest BCUT2D eigenvalue weighted by Crippen LogP contribution is -3.62. The minimum Gasteiger partial charge on any atom is -0.202 e. The summed E-state index contributed by atoms with van der Waals surface area (Å²) in [6.07, 6.45) is 0. The fourth-order valence-electron chi connectivity index (χ4n) is 1.20. The molecule has 2 aromatic rings. The molecule has 0 saturated heterocycles. The number of halogens is 5. The summed E-state index contributed by atoms with van der Waals surface area (Å²) in [4.78, 5) is 0. The molecule has 5 heteroatoms. The molecule has 0 atom stereocenters. The predicted molar refractivity (Wildman–Crippen MR) is 60.2 cm³/mol. The molecule has 0 bridgehead atoms. The fraction of sp³-hybridized carbons (Fsp3) is 0. The van der Waals surface area contributed by atoms with Crippen LogP contribution in [0, 0.1) is 18.8 Å². The van der Waals surface area contributed by atoms with Gasteiger partial charge in [-0.1, -0.05) is 23.2 Å². The first-order chi connectivity index (χ1) is 8.06. The first-order valence-electron chi connectivity index (χ1n) is 4.61. The van der Waals surface area contributed by atoms with Gasteiger partial charge >= 0.3 is 21.2 Å². The fourth-order valence-corrected chi connectivity index (χ4v) is 3.69. The molecule has 0 unspecified atom stereocenters. The van der Waals surface area contributed by atoms with Gasteiger partial charge in [-0.05, 0) is 36.4 Å². The van der Waals surface area contributed by atoms with Crippen molar-refractivity contribution >= 4 is 23.2 Å². The van der Waals surface area contributed by atoms with Gasteiger partial charge in [0.2, 0.25) is 7.14 Å². The van der Waals surface area contributed by atoms with Crippen LogP contribution in [0.5, 0.6) is 0 Å². The van der Waals surface area contributed by atoms with E-state index in [1.165, 1.54) is 12.1 Å². The molecule has 0 radical (unpaired) electrons. The summed E-state index contributed by atoms with van der Waals surface area (Å²) in [7, 11) is 0. The molecule has 0 nitrogen and oxygen atoms in total. The standard InChI is InChI=1S/C12H6Cl2F2I/c13-7-1-3-11(9(15)5-7)17-12-4-2-8(14)6-10(12)16/h1-6H/q+1. The van der Waals surface area contributed by atoms with Crippen molar-refractivity contribution in [1.82, 2.24) is 0 Å². The normalized spacial score (nSPS) is 10.6. The van der Waals surface area contributed by atoms with Gasteiger partial charge in [0.1, 0.15) is 0 Å². The highest BCUT2D eigenvalue weighted by molar-refractivity contribution is 6.30. The maximum atomic E-state index is 13.5. The largest absolute Gasteiger partial charge is 0.364 e. The molecule has 0 spiro atoms. The summed E-state index contributed by atoms with van der Waals surface area (Å²) in [5.41, 5.74) is 0. The lowest BCUT2D eigenvalue weighted by molar-refractivity contribution is -0.603. The molecule has 88 valence electrons. The van der Waals surface area contributed by atoms with Gasteiger partial charge in [0.25, 0.3) is 0 Å². The zero-order valence-electron chi connectivity index (χ0n) is 8.35. The molecule has 0 amide bonds. The Balaban J connectivity index is 2.31. The molecule has 2 rings (SSSR count). The van der Waals surface area contributed by atoms with Crippen LogP contribution >= 0.6 is 23.2 Å². The molecular formula is C12H6Cl2F2I+. The Morgan fingerprint density at radius 2 is 1.18 bits per heavy atom. The smallest absolute Gasteiger partial charge is 0.202 e. The van der Waals surface area contributed by atoms with E-state index < -0.39 is 21.2 Å². The molecular weight excluding hydrogens is 380 g/mol. The first kappa shape index (κ1) is 13.1. The minimum absolute atomic E-state index is 0.340. The Morgan fingerprint density at radius 1 is 0.765 bits per heavy atom. The van der Waals surface area contributed by atoms with Gasteiger partial charge in [0.15, 0.2) is 11.6 Å². The summed E-state index contributed by atoms with van der Waals surface area (Å²) in [5.74, 6) is -0.778. The number of rotatable bonds is 2. The summed E-state index contributed by atoms with van der Waals surface area (Å²) < 4.78 is 28.1. The van der Waals surface area contributed by atoms with Crippen molar-refractivity contribution < 1.29 is 30.0 Å². The maximum Gasteiger partial charge on any atom is 0.364 e. The lowest BCUT2D eigenvalue weighted by atomic mass is 10.3. The van der Waals surface area contributed by atoms with E-state index in [0.717, 1.165) is 0 Å². The van der Waals surface area contributed by atoms with Crippen LogP contribution in [0.2, 0.25) is 10.0 Å². The summed E-state index contributed by atoms with van der Waals surface area (Å²) in [6.45, 7) is 0. The lowest BCUT2D eigenvalue weighted by Gasteiger charge is -1.93. The Morgan fingerprint density at radius 3 is 1.53 bits per heavy atom. The average Bonchev–Trinajstić information content (AvgIpc) is 2.25. The minimum atomic E-state index is -0.908. The number of hydrogen-bond donors (Lipinski definition) is 0. The van der Waals surface area contributed by atoms with Crippen molar-refractivity contribution in [1.29, 1.82) is 0 Å². The third-order valence-corrected chi connectivity index (χ3v) is 5.35. The van der Waals surface area contributed by atoms with Gasteiger partial charge < -0.3 is 0 Å². The first-order valence-corrected chi connectivity index (χ1v) is 7.52. The zero-order chi connectivity index (χ0) is 12.4. The van der Waals surface area contributed by atoms with Crippen molar-refractivity contribution in [3.8, 4) is 0 Å². The topological polar surface area (TPSA) is 0 Å². The average molecular weight is 386 g/mol. The van der Waals surface area contributed by atoms with Crippen molar-refractivity contribution in [3.63, 3.8) is 0 Å². The second kappa shape index (κ2) is 5.50. The van der Waals surface area contributed by atoms with E-state index in [0.29, 0.717) is 17.2 Å². The van der Waals surface area contributed by atoms with E-state index in [4.69, 9.17) is 23.2 Å². The maximum absolute atomic E-state index is 13.5. The van der Waals surface area contributed by atoms with Crippen molar-refractivity contribution in [2.75, 3.05) is 0 Å². The molecule has 0 aliphatic carbocycles. The number of hydrogen-bond acceptors (Lipinski definition) is 0. The third-order valence-electron chi connectivity index (χ3n) is 1.97. The van der Waals surface area contributed by atoms with Crippen molar-refractivity contribution in [2.24, 2.45) is 0 Å². The molecule has 2 aromatic carbocycles. The van der Waals surface area contributed by atoms with Gasteiger partial charge in [0, 0.05) is 10.0 Å². The molecule has 0 fully saturated rings. The van der Waals surface area contributed by atoms with Gasteiger partial charge in [-0.25, -0.2) is 8.78 Å². The highest BCUT2D eigenvalue weighted by Gasteiger charge is 2.24. The van der Waals surface area contributed by atoms with Crippen molar-refractivity contribution in [2.45, 2.75) is 0 Å². The quantitative estimate of drug-likeness (QED) is 0.541. The van der Waals surface area contributed by atoms with E-state index in [-0.39, 0.29) is 11.6 Å². The van der Waals surface area contributed by atoms with Crippen molar-refractivity contribution in [3.05, 3.63) is 65.2 Å². The van der Waals surface area contributed by atoms with Crippen LogP contribution in [0.4, 0.5) is 8.78 Å². The second-order valence-electron chi connectivity index (χ2n) is 3.21. The Kier molecular flexibility index (Phi) is 4.22. The molecule has 17 heavy (non-hydrogen) atoms. The van der Waals surface area contributed by atoms with Crippen LogP contribution in [-0.2, 0) is 0 Å². The van der Waals surface area contributed by atoms with Crippen LogP contribution < -0.4 is 21.2 Å². The van der Waals surface area contributed by atoms with Crippen LogP contribution in [-0.4, -0.2) is 0 Å². The van der Waals surface area contributed by atoms with Crippen LogP contribution in [0.3, 0.4) is 0 Å². The van der Waals surface area contributed by atoms with Gasteiger partial charge in [-0.2, -0.15) is 0 Å². The van der Waals surface area contributed by atoms with E-state index in [1.54, 1.807) is 24.3 Å². The van der Waals surface area contributed by atoms with Crippen LogP contribution in [0.25, 0.3) is 0 Å². The molecule has 0 aromatic heterocycles. The van der Waals surface area contributed by atoms with E-state index >= 15 is 0 Å². The van der Waals surface area contributed by atoms with E-state index in [2.05, 4.69) is 0 Å². The van der Waals surface area contributed by atoms with Crippen LogP contribution in [0.1, 0.15) is 0 Å². The highest BCUT2D eigenvalue weighted by Crippen LogP contribution is 2.10. The summed E-state index contributed by atoms with van der Waals surface area (Å²) in [5, 5.41) is 0.679. The third kappa shape index (κ3) is 3.30. The molecule has 0 saturated carbocycles. The molecule has 0 N–H and O–H groups in total. The monoisotopic (exact) mass is 385 g/mol. The molecule has 0 heterocycles. The molecule has 0 aliphatic rings. The summed E-state index contributed by atoms with van der Waals surface area (Å²) in [6, 6.07) is 8.88.